The summed E-state index contributed by atoms with van der Waals surface area (Å²) in [6, 6.07) is 20.5. The van der Waals surface area contributed by atoms with Crippen molar-refractivity contribution in [2.45, 2.75) is 5.92 Å². The quantitative estimate of drug-likeness (QED) is 0.699. The van der Waals surface area contributed by atoms with E-state index in [9.17, 15) is 4.79 Å². The van der Waals surface area contributed by atoms with Gasteiger partial charge in [0.05, 0.1) is 7.11 Å². The molecular weight excluding hydrogens is 314 g/mol. The second-order valence-corrected chi connectivity index (χ2v) is 5.53. The smallest absolute Gasteiger partial charge is 0.343 e. The van der Waals surface area contributed by atoms with Gasteiger partial charge in [0, 0.05) is 18.7 Å². The van der Waals surface area contributed by atoms with Gasteiger partial charge in [-0.15, -0.1) is 0 Å². The molecule has 0 atom stereocenters. The minimum atomic E-state index is -0.459. The highest BCUT2D eigenvalue weighted by molar-refractivity contribution is 5.94. The first-order chi connectivity index (χ1) is 12.3. The first-order valence-corrected chi connectivity index (χ1v) is 8.01. The SMILES string of the molecule is COC(=O)c1cncnc1NCC(c1ccccc1)c1ccccc1. The normalized spacial score (nSPS) is 10.5. The van der Waals surface area contributed by atoms with Crippen molar-refractivity contribution >= 4 is 11.8 Å². The Morgan fingerprint density at radius 2 is 1.64 bits per heavy atom. The van der Waals surface area contributed by atoms with Crippen LogP contribution in [0.1, 0.15) is 27.4 Å². The number of esters is 1. The van der Waals surface area contributed by atoms with Gasteiger partial charge in [0.25, 0.3) is 0 Å². The molecule has 0 spiro atoms. The molecule has 0 aliphatic rings. The van der Waals surface area contributed by atoms with Gasteiger partial charge < -0.3 is 10.1 Å². The minimum absolute atomic E-state index is 0.128. The van der Waals surface area contributed by atoms with E-state index in [1.807, 2.05) is 36.4 Å². The molecule has 0 bridgehead atoms. The van der Waals surface area contributed by atoms with Crippen molar-refractivity contribution in [2.24, 2.45) is 0 Å². The monoisotopic (exact) mass is 333 g/mol. The van der Waals surface area contributed by atoms with Crippen molar-refractivity contribution in [3.05, 3.63) is 89.9 Å². The molecule has 1 N–H and O–H groups in total. The number of ether oxygens (including phenoxy) is 1. The lowest BCUT2D eigenvalue weighted by Gasteiger charge is -2.19. The van der Waals surface area contributed by atoms with E-state index in [4.69, 9.17) is 4.74 Å². The molecule has 1 aromatic heterocycles. The summed E-state index contributed by atoms with van der Waals surface area (Å²) in [6.45, 7) is 0.592. The van der Waals surface area contributed by atoms with Crippen molar-refractivity contribution in [1.29, 1.82) is 0 Å². The number of aromatic nitrogens is 2. The molecule has 5 nitrogen and oxygen atoms in total. The maximum atomic E-state index is 11.9. The molecule has 3 rings (SSSR count). The summed E-state index contributed by atoms with van der Waals surface area (Å²) < 4.78 is 4.79. The number of carbonyl (C=O) groups excluding carboxylic acids is 1. The molecule has 0 fully saturated rings. The van der Waals surface area contributed by atoms with E-state index < -0.39 is 5.97 Å². The third-order valence-corrected chi connectivity index (χ3v) is 4.00. The highest BCUT2D eigenvalue weighted by Gasteiger charge is 2.17. The Morgan fingerprint density at radius 1 is 1.04 bits per heavy atom. The summed E-state index contributed by atoms with van der Waals surface area (Å²) in [7, 11) is 1.34. The molecule has 0 saturated carbocycles. The van der Waals surface area contributed by atoms with Crippen molar-refractivity contribution in [3.63, 3.8) is 0 Å². The number of methoxy groups -OCH3 is 1. The molecular formula is C20H19N3O2. The zero-order chi connectivity index (χ0) is 17.5. The van der Waals surface area contributed by atoms with Crippen molar-refractivity contribution in [3.8, 4) is 0 Å². The molecule has 0 aliphatic carbocycles. The second-order valence-electron chi connectivity index (χ2n) is 5.53. The summed E-state index contributed by atoms with van der Waals surface area (Å²) in [6.07, 6.45) is 2.87. The number of benzene rings is 2. The van der Waals surface area contributed by atoms with Crippen LogP contribution >= 0.6 is 0 Å². The highest BCUT2D eigenvalue weighted by atomic mass is 16.5. The number of hydrogen-bond acceptors (Lipinski definition) is 5. The third kappa shape index (κ3) is 4.01. The Morgan fingerprint density at radius 3 is 2.20 bits per heavy atom. The number of rotatable bonds is 6. The van der Waals surface area contributed by atoms with Crippen molar-refractivity contribution < 1.29 is 9.53 Å². The van der Waals surface area contributed by atoms with E-state index >= 15 is 0 Å². The van der Waals surface area contributed by atoms with Gasteiger partial charge in [0.2, 0.25) is 0 Å². The van der Waals surface area contributed by atoms with E-state index in [2.05, 4.69) is 39.6 Å². The summed E-state index contributed by atoms with van der Waals surface area (Å²) in [4.78, 5) is 20.0. The molecule has 5 heteroatoms. The Labute approximate surface area is 146 Å². The second kappa shape index (κ2) is 8.06. The summed E-state index contributed by atoms with van der Waals surface area (Å²) in [5.74, 6) is 0.139. The maximum Gasteiger partial charge on any atom is 0.343 e. The molecule has 2 aromatic carbocycles. The van der Waals surface area contributed by atoms with E-state index in [1.165, 1.54) is 30.8 Å². The van der Waals surface area contributed by atoms with Gasteiger partial charge in [-0.1, -0.05) is 60.7 Å². The van der Waals surface area contributed by atoms with E-state index in [-0.39, 0.29) is 5.92 Å². The van der Waals surface area contributed by atoms with Crippen LogP contribution in [0.3, 0.4) is 0 Å². The number of hydrogen-bond donors (Lipinski definition) is 1. The standard InChI is InChI=1S/C20H19N3O2/c1-25-20(24)18-12-21-14-23-19(18)22-13-17(15-8-4-2-5-9-15)16-10-6-3-7-11-16/h2-12,14,17H,13H2,1H3,(H,21,22,23). The molecule has 0 amide bonds. The van der Waals surface area contributed by atoms with Gasteiger partial charge >= 0.3 is 5.97 Å². The largest absolute Gasteiger partial charge is 0.465 e. The Bertz CT molecular complexity index is 783. The number of nitrogens with one attached hydrogen (secondary N) is 1. The molecule has 126 valence electrons. The first-order valence-electron chi connectivity index (χ1n) is 8.01. The summed E-state index contributed by atoms with van der Waals surface area (Å²) in [5, 5.41) is 3.27. The lowest BCUT2D eigenvalue weighted by Crippen LogP contribution is -2.17. The number of anilines is 1. The van der Waals surface area contributed by atoms with Crippen LogP contribution in [-0.4, -0.2) is 29.6 Å². The van der Waals surface area contributed by atoms with Gasteiger partial charge in [-0.25, -0.2) is 14.8 Å². The van der Waals surface area contributed by atoms with Crippen LogP contribution in [0.5, 0.6) is 0 Å². The molecule has 25 heavy (non-hydrogen) atoms. The van der Waals surface area contributed by atoms with Crippen LogP contribution in [0.25, 0.3) is 0 Å². The Kier molecular flexibility index (Phi) is 5.36. The zero-order valence-corrected chi connectivity index (χ0v) is 13.9. The van der Waals surface area contributed by atoms with Crippen LogP contribution in [0.4, 0.5) is 5.82 Å². The van der Waals surface area contributed by atoms with Gasteiger partial charge in [-0.05, 0) is 11.1 Å². The summed E-state index contributed by atoms with van der Waals surface area (Å²) >= 11 is 0. The van der Waals surface area contributed by atoms with E-state index in [1.54, 1.807) is 0 Å². The van der Waals surface area contributed by atoms with E-state index in [0.717, 1.165) is 0 Å². The molecule has 0 unspecified atom stereocenters. The average Bonchev–Trinajstić information content (AvgIpc) is 2.69. The fourth-order valence-electron chi connectivity index (χ4n) is 2.73. The molecule has 3 aromatic rings. The van der Waals surface area contributed by atoms with Crippen LogP contribution in [-0.2, 0) is 4.74 Å². The zero-order valence-electron chi connectivity index (χ0n) is 13.9. The average molecular weight is 333 g/mol. The topological polar surface area (TPSA) is 64.1 Å². The van der Waals surface area contributed by atoms with Gasteiger partial charge in [0.15, 0.2) is 0 Å². The first kappa shape index (κ1) is 16.6. The highest BCUT2D eigenvalue weighted by Crippen LogP contribution is 2.25. The predicted molar refractivity (Wildman–Crippen MR) is 96.6 cm³/mol. The summed E-state index contributed by atoms with van der Waals surface area (Å²) in [5.41, 5.74) is 2.70. The van der Waals surface area contributed by atoms with Crippen LogP contribution < -0.4 is 5.32 Å². The fourth-order valence-corrected chi connectivity index (χ4v) is 2.73. The third-order valence-electron chi connectivity index (χ3n) is 4.00. The Hall–Kier alpha value is -3.21. The van der Waals surface area contributed by atoms with Gasteiger partial charge in [-0.3, -0.25) is 0 Å². The lowest BCUT2D eigenvalue weighted by molar-refractivity contribution is 0.0601. The lowest BCUT2D eigenvalue weighted by atomic mass is 9.91. The van der Waals surface area contributed by atoms with Crippen molar-refractivity contribution in [1.82, 2.24) is 9.97 Å². The minimum Gasteiger partial charge on any atom is -0.465 e. The number of nitrogens with zero attached hydrogens (tertiary/aromatic N) is 2. The molecule has 0 radical (unpaired) electrons. The van der Waals surface area contributed by atoms with Gasteiger partial charge in [0.1, 0.15) is 17.7 Å². The van der Waals surface area contributed by atoms with Gasteiger partial charge in [-0.2, -0.15) is 0 Å². The predicted octanol–water partition coefficient (Wildman–Crippen LogP) is 3.51. The van der Waals surface area contributed by atoms with Crippen LogP contribution in [0, 0.1) is 0 Å². The van der Waals surface area contributed by atoms with E-state index in [0.29, 0.717) is 17.9 Å². The molecule has 1 heterocycles. The fraction of sp³-hybridized carbons (Fsp3) is 0.150. The van der Waals surface area contributed by atoms with Crippen molar-refractivity contribution in [2.75, 3.05) is 19.0 Å². The van der Waals surface area contributed by atoms with Crippen LogP contribution in [0.2, 0.25) is 0 Å². The Balaban J connectivity index is 1.87. The number of carbonyl (C=O) groups is 1. The maximum absolute atomic E-state index is 11.9. The molecule has 0 saturated heterocycles. The molecule has 0 aliphatic heterocycles. The van der Waals surface area contributed by atoms with Crippen LogP contribution in [0.15, 0.2) is 73.2 Å².